The first-order valence-electron chi connectivity index (χ1n) is 6.37. The molecule has 0 aromatic heterocycles. The molecule has 100 valence electrons. The average Bonchev–Trinajstić information content (AvgIpc) is 2.37. The molecule has 0 radical (unpaired) electrons. The van der Waals surface area contributed by atoms with E-state index in [0.29, 0.717) is 6.04 Å². The summed E-state index contributed by atoms with van der Waals surface area (Å²) in [6, 6.07) is 11.1. The van der Waals surface area contributed by atoms with Gasteiger partial charge in [0, 0.05) is 18.8 Å². The van der Waals surface area contributed by atoms with Gasteiger partial charge in [-0.25, -0.2) is 0 Å². The lowest BCUT2D eigenvalue weighted by Crippen LogP contribution is -2.25. The van der Waals surface area contributed by atoms with Gasteiger partial charge < -0.3 is 9.69 Å². The van der Waals surface area contributed by atoms with Crippen molar-refractivity contribution in [2.24, 2.45) is 0 Å². The normalized spacial score (nSPS) is 9.39. The van der Waals surface area contributed by atoms with Crippen molar-refractivity contribution < 1.29 is 4.79 Å². The van der Waals surface area contributed by atoms with Gasteiger partial charge in [-0.1, -0.05) is 36.9 Å². The van der Waals surface area contributed by atoms with Gasteiger partial charge in [0.05, 0.1) is 0 Å². The molecule has 0 heterocycles. The molecule has 0 spiro atoms. The van der Waals surface area contributed by atoms with Gasteiger partial charge >= 0.3 is 0 Å². The Labute approximate surface area is 111 Å². The van der Waals surface area contributed by atoms with Crippen LogP contribution in [0.15, 0.2) is 42.6 Å². The standard InChI is InChI=1S/C14H21N.C2H4O/c1-12(2)15(4)13(3)10-11-14-8-6-5-7-9-14;1-2-3/h5-9,12H,3,10-11H2,1-2,4H3;2H,1H3. The SMILES string of the molecule is C=C(CCc1ccccc1)N(C)C(C)C.CC=O. The predicted molar refractivity (Wildman–Crippen MR) is 78.5 cm³/mol. The molecule has 0 bridgehead atoms. The highest BCUT2D eigenvalue weighted by Gasteiger charge is 2.05. The fraction of sp³-hybridized carbons (Fsp3) is 0.438. The zero-order valence-corrected chi connectivity index (χ0v) is 12.0. The summed E-state index contributed by atoms with van der Waals surface area (Å²) in [7, 11) is 2.11. The van der Waals surface area contributed by atoms with E-state index >= 15 is 0 Å². The van der Waals surface area contributed by atoms with E-state index in [1.54, 1.807) is 0 Å². The molecule has 0 aliphatic rings. The van der Waals surface area contributed by atoms with E-state index in [0.717, 1.165) is 19.1 Å². The molecule has 2 nitrogen and oxygen atoms in total. The van der Waals surface area contributed by atoms with Crippen LogP contribution in [-0.2, 0) is 11.2 Å². The number of hydrogen-bond acceptors (Lipinski definition) is 2. The molecule has 0 saturated heterocycles. The molecule has 1 aromatic carbocycles. The van der Waals surface area contributed by atoms with Gasteiger partial charge in [-0.3, -0.25) is 0 Å². The van der Waals surface area contributed by atoms with Gasteiger partial charge in [0.1, 0.15) is 6.29 Å². The monoisotopic (exact) mass is 247 g/mol. The van der Waals surface area contributed by atoms with Crippen LogP contribution in [-0.4, -0.2) is 24.3 Å². The molecular formula is C16H25NO. The third-order valence-corrected chi connectivity index (χ3v) is 2.82. The van der Waals surface area contributed by atoms with Crippen molar-refractivity contribution in [3.8, 4) is 0 Å². The van der Waals surface area contributed by atoms with Gasteiger partial charge in [0.15, 0.2) is 0 Å². The second-order valence-corrected chi connectivity index (χ2v) is 4.49. The number of allylic oxidation sites excluding steroid dienone is 1. The van der Waals surface area contributed by atoms with Gasteiger partial charge in [-0.05, 0) is 39.2 Å². The molecule has 0 aliphatic carbocycles. The zero-order valence-electron chi connectivity index (χ0n) is 12.0. The third-order valence-electron chi connectivity index (χ3n) is 2.82. The third kappa shape index (κ3) is 6.89. The van der Waals surface area contributed by atoms with E-state index in [4.69, 9.17) is 4.79 Å². The van der Waals surface area contributed by atoms with E-state index in [9.17, 15) is 0 Å². The van der Waals surface area contributed by atoms with Gasteiger partial charge in [0.25, 0.3) is 0 Å². The molecular weight excluding hydrogens is 222 g/mol. The maximum absolute atomic E-state index is 8.81. The molecule has 0 aliphatic heterocycles. The summed E-state index contributed by atoms with van der Waals surface area (Å²) in [5.41, 5.74) is 2.60. The summed E-state index contributed by atoms with van der Waals surface area (Å²) in [5.74, 6) is 0. The lowest BCUT2D eigenvalue weighted by atomic mass is 10.1. The van der Waals surface area contributed by atoms with Crippen molar-refractivity contribution in [3.05, 3.63) is 48.2 Å². The first-order chi connectivity index (χ1) is 8.52. The second kappa shape index (κ2) is 9.46. The smallest absolute Gasteiger partial charge is 0.116 e. The maximum Gasteiger partial charge on any atom is 0.116 e. The van der Waals surface area contributed by atoms with Crippen LogP contribution < -0.4 is 0 Å². The highest BCUT2D eigenvalue weighted by molar-refractivity contribution is 5.44. The summed E-state index contributed by atoms with van der Waals surface area (Å²) in [4.78, 5) is 11.0. The van der Waals surface area contributed by atoms with E-state index in [1.807, 2.05) is 0 Å². The highest BCUT2D eigenvalue weighted by atomic mass is 16.1. The minimum Gasteiger partial charge on any atom is -0.376 e. The fourth-order valence-electron chi connectivity index (χ4n) is 1.47. The largest absolute Gasteiger partial charge is 0.376 e. The van der Waals surface area contributed by atoms with Crippen molar-refractivity contribution in [3.63, 3.8) is 0 Å². The van der Waals surface area contributed by atoms with Crippen LogP contribution in [0.3, 0.4) is 0 Å². The Morgan fingerprint density at radius 1 is 1.33 bits per heavy atom. The highest BCUT2D eigenvalue weighted by Crippen LogP contribution is 2.12. The molecule has 1 aromatic rings. The summed E-state index contributed by atoms with van der Waals surface area (Å²) in [6.45, 7) is 9.94. The molecule has 0 saturated carbocycles. The predicted octanol–water partition coefficient (Wildman–Crippen LogP) is 3.68. The summed E-state index contributed by atoms with van der Waals surface area (Å²) >= 11 is 0. The van der Waals surface area contributed by atoms with Crippen molar-refractivity contribution >= 4 is 6.29 Å². The number of nitrogens with zero attached hydrogens (tertiary/aromatic N) is 1. The second-order valence-electron chi connectivity index (χ2n) is 4.49. The quantitative estimate of drug-likeness (QED) is 0.740. The van der Waals surface area contributed by atoms with E-state index in [-0.39, 0.29) is 0 Å². The molecule has 1 rings (SSSR count). The van der Waals surface area contributed by atoms with Crippen LogP contribution in [0.25, 0.3) is 0 Å². The van der Waals surface area contributed by atoms with Gasteiger partial charge in [0.2, 0.25) is 0 Å². The Kier molecular flexibility index (Phi) is 8.63. The minimum atomic E-state index is 0.535. The molecule has 0 N–H and O–H groups in total. The Morgan fingerprint density at radius 2 is 1.83 bits per heavy atom. The van der Waals surface area contributed by atoms with Crippen LogP contribution in [0, 0.1) is 0 Å². The zero-order chi connectivity index (χ0) is 14.0. The number of aryl methyl sites for hydroxylation is 1. The summed E-state index contributed by atoms with van der Waals surface area (Å²) in [6.07, 6.45) is 2.87. The Morgan fingerprint density at radius 3 is 2.28 bits per heavy atom. The van der Waals surface area contributed by atoms with E-state index < -0.39 is 0 Å². The van der Waals surface area contributed by atoms with Crippen LogP contribution in [0.1, 0.15) is 32.8 Å². The van der Waals surface area contributed by atoms with E-state index in [1.165, 1.54) is 18.2 Å². The number of aldehydes is 1. The van der Waals surface area contributed by atoms with Crippen LogP contribution in [0.2, 0.25) is 0 Å². The molecule has 0 atom stereocenters. The number of benzene rings is 1. The van der Waals surface area contributed by atoms with Crippen molar-refractivity contribution in [1.82, 2.24) is 4.90 Å². The van der Waals surface area contributed by atoms with Crippen molar-refractivity contribution in [1.29, 1.82) is 0 Å². The lowest BCUT2D eigenvalue weighted by Gasteiger charge is -2.25. The number of hydrogen-bond donors (Lipinski definition) is 0. The number of carbonyl (C=O) groups excluding carboxylic acids is 1. The summed E-state index contributed by atoms with van der Waals surface area (Å²) in [5, 5.41) is 0. The minimum absolute atomic E-state index is 0.535. The average molecular weight is 247 g/mol. The number of carbonyl (C=O) groups is 1. The molecule has 0 fully saturated rings. The fourth-order valence-corrected chi connectivity index (χ4v) is 1.47. The van der Waals surface area contributed by atoms with Crippen molar-refractivity contribution in [2.75, 3.05) is 7.05 Å². The van der Waals surface area contributed by atoms with Crippen LogP contribution >= 0.6 is 0 Å². The first-order valence-corrected chi connectivity index (χ1v) is 6.37. The first kappa shape index (κ1) is 16.4. The van der Waals surface area contributed by atoms with Gasteiger partial charge in [-0.2, -0.15) is 0 Å². The molecule has 2 heteroatoms. The van der Waals surface area contributed by atoms with Crippen LogP contribution in [0.5, 0.6) is 0 Å². The molecule has 0 unspecified atom stereocenters. The molecule has 0 amide bonds. The Hall–Kier alpha value is -1.57. The lowest BCUT2D eigenvalue weighted by molar-refractivity contribution is -0.106. The van der Waals surface area contributed by atoms with Crippen LogP contribution in [0.4, 0.5) is 0 Å². The maximum atomic E-state index is 8.81. The topological polar surface area (TPSA) is 20.3 Å². The van der Waals surface area contributed by atoms with Crippen molar-refractivity contribution in [2.45, 2.75) is 39.7 Å². The Bertz CT molecular complexity index is 343. The van der Waals surface area contributed by atoms with E-state index in [2.05, 4.69) is 62.7 Å². The Balaban J connectivity index is 0.000000873. The molecule has 18 heavy (non-hydrogen) atoms. The van der Waals surface area contributed by atoms with Gasteiger partial charge in [-0.15, -0.1) is 0 Å². The summed E-state index contributed by atoms with van der Waals surface area (Å²) < 4.78 is 0. The number of rotatable bonds is 5.